The molecule has 1 fully saturated rings. The van der Waals surface area contributed by atoms with E-state index in [2.05, 4.69) is 14.6 Å². The zero-order valence-corrected chi connectivity index (χ0v) is 20.9. The van der Waals surface area contributed by atoms with E-state index in [0.717, 1.165) is 22.6 Å². The number of thiazole rings is 1. The van der Waals surface area contributed by atoms with Crippen LogP contribution in [0.1, 0.15) is 38.2 Å². The molecule has 1 aliphatic rings. The van der Waals surface area contributed by atoms with Crippen LogP contribution in [0.15, 0.2) is 53.4 Å². The van der Waals surface area contributed by atoms with Crippen molar-refractivity contribution in [1.29, 1.82) is 0 Å². The Morgan fingerprint density at radius 2 is 1.56 bits per heavy atom. The van der Waals surface area contributed by atoms with Gasteiger partial charge in [-0.25, -0.2) is 13.4 Å². The molecule has 3 aromatic rings. The Morgan fingerprint density at radius 1 is 0.941 bits per heavy atom. The number of Topliss-reactive ketones (excluding diaryl/α,β-unsaturated/α-hetero) is 1. The molecule has 178 valence electrons. The molecule has 1 amide bonds. The standard InChI is InChI=1S/C24H26N4O4S2/c1-16-4-10-21(11-5-16)34(31,32)26-24-25-17(2)22(33-24)23(30)28-14-12-27(13-15-28)20-8-6-19(7-9-20)18(3)29/h4-11H,12-15H2,1-3H3,(H,25,26). The first kappa shape index (κ1) is 23.9. The van der Waals surface area contributed by atoms with Gasteiger partial charge in [0.05, 0.1) is 10.6 Å². The Morgan fingerprint density at radius 3 is 2.15 bits per heavy atom. The molecule has 0 bridgehead atoms. The van der Waals surface area contributed by atoms with Crippen LogP contribution in [0.25, 0.3) is 0 Å². The zero-order chi connectivity index (χ0) is 24.5. The number of rotatable bonds is 6. The summed E-state index contributed by atoms with van der Waals surface area (Å²) in [7, 11) is -3.79. The second kappa shape index (κ2) is 9.55. The van der Waals surface area contributed by atoms with Gasteiger partial charge in [0.1, 0.15) is 4.88 Å². The molecule has 0 radical (unpaired) electrons. The summed E-state index contributed by atoms with van der Waals surface area (Å²) >= 11 is 1.05. The third kappa shape index (κ3) is 5.13. The average molecular weight is 499 g/mol. The van der Waals surface area contributed by atoms with E-state index >= 15 is 0 Å². The van der Waals surface area contributed by atoms with Gasteiger partial charge in [-0.2, -0.15) is 0 Å². The molecule has 0 saturated carbocycles. The molecule has 4 rings (SSSR count). The lowest BCUT2D eigenvalue weighted by Crippen LogP contribution is -2.48. The maximum atomic E-state index is 13.1. The van der Waals surface area contributed by atoms with Crippen LogP contribution >= 0.6 is 11.3 Å². The molecule has 1 aliphatic heterocycles. The molecular formula is C24H26N4O4S2. The molecule has 8 nitrogen and oxygen atoms in total. The van der Waals surface area contributed by atoms with Crippen molar-refractivity contribution in [1.82, 2.24) is 9.88 Å². The van der Waals surface area contributed by atoms with Crippen LogP contribution in [-0.4, -0.2) is 56.2 Å². The number of benzene rings is 2. The average Bonchev–Trinajstić information content (AvgIpc) is 3.18. The summed E-state index contributed by atoms with van der Waals surface area (Å²) in [6, 6.07) is 14.0. The molecule has 0 aliphatic carbocycles. The van der Waals surface area contributed by atoms with Crippen molar-refractivity contribution in [3.63, 3.8) is 0 Å². The van der Waals surface area contributed by atoms with Gasteiger partial charge in [-0.3, -0.25) is 14.3 Å². The SMILES string of the molecule is CC(=O)c1ccc(N2CCN(C(=O)c3sc(NS(=O)(=O)c4ccc(C)cc4)nc3C)CC2)cc1. The number of hydrogen-bond donors (Lipinski definition) is 1. The molecule has 0 unspecified atom stereocenters. The lowest BCUT2D eigenvalue weighted by molar-refractivity contribution is 0.0750. The maximum Gasteiger partial charge on any atom is 0.266 e. The highest BCUT2D eigenvalue weighted by molar-refractivity contribution is 7.93. The number of hydrogen-bond acceptors (Lipinski definition) is 7. The third-order valence-electron chi connectivity index (χ3n) is 5.75. The third-order valence-corrected chi connectivity index (χ3v) is 8.29. The number of aromatic nitrogens is 1. The Balaban J connectivity index is 1.41. The molecule has 0 spiro atoms. The molecular weight excluding hydrogens is 472 g/mol. The fourth-order valence-electron chi connectivity index (χ4n) is 3.75. The predicted molar refractivity (Wildman–Crippen MR) is 133 cm³/mol. The van der Waals surface area contributed by atoms with E-state index in [1.54, 1.807) is 30.9 Å². The first-order valence-electron chi connectivity index (χ1n) is 10.9. The largest absolute Gasteiger partial charge is 0.368 e. The van der Waals surface area contributed by atoms with Gasteiger partial charge in [0.15, 0.2) is 10.9 Å². The topological polar surface area (TPSA) is 99.7 Å². The number of aryl methyl sites for hydroxylation is 2. The summed E-state index contributed by atoms with van der Waals surface area (Å²) in [5.74, 6) is -0.121. The van der Waals surface area contributed by atoms with Gasteiger partial charge in [0.25, 0.3) is 15.9 Å². The van der Waals surface area contributed by atoms with Gasteiger partial charge in [-0.05, 0) is 57.2 Å². The highest BCUT2D eigenvalue weighted by atomic mass is 32.2. The van der Waals surface area contributed by atoms with Crippen molar-refractivity contribution in [2.45, 2.75) is 25.7 Å². The smallest absolute Gasteiger partial charge is 0.266 e. The van der Waals surface area contributed by atoms with Crippen molar-refractivity contribution in [2.75, 3.05) is 35.8 Å². The fourth-order valence-corrected chi connectivity index (χ4v) is 5.92. The van der Waals surface area contributed by atoms with Crippen LogP contribution in [0.3, 0.4) is 0 Å². The van der Waals surface area contributed by atoms with Crippen LogP contribution in [0.2, 0.25) is 0 Å². The number of ketones is 1. The Hall–Kier alpha value is -3.24. The first-order chi connectivity index (χ1) is 16.1. The Bertz CT molecular complexity index is 1310. The van der Waals surface area contributed by atoms with Crippen molar-refractivity contribution in [3.05, 3.63) is 70.2 Å². The molecule has 2 heterocycles. The van der Waals surface area contributed by atoms with Gasteiger partial charge in [0, 0.05) is 37.4 Å². The number of piperazine rings is 1. The second-order valence-electron chi connectivity index (χ2n) is 8.23. The van der Waals surface area contributed by atoms with E-state index in [1.807, 2.05) is 31.2 Å². The highest BCUT2D eigenvalue weighted by Gasteiger charge is 2.27. The van der Waals surface area contributed by atoms with Crippen LogP contribution in [0.5, 0.6) is 0 Å². The number of anilines is 2. The van der Waals surface area contributed by atoms with E-state index in [9.17, 15) is 18.0 Å². The quantitative estimate of drug-likeness (QED) is 0.520. The van der Waals surface area contributed by atoms with Crippen molar-refractivity contribution in [3.8, 4) is 0 Å². The highest BCUT2D eigenvalue weighted by Crippen LogP contribution is 2.27. The van der Waals surface area contributed by atoms with Gasteiger partial charge in [-0.15, -0.1) is 0 Å². The Labute approximate surface area is 203 Å². The van der Waals surface area contributed by atoms with E-state index < -0.39 is 10.0 Å². The minimum absolute atomic E-state index is 0.0300. The van der Waals surface area contributed by atoms with Crippen molar-refractivity contribution < 1.29 is 18.0 Å². The number of nitrogens with zero attached hydrogens (tertiary/aromatic N) is 3. The molecule has 1 aromatic heterocycles. The zero-order valence-electron chi connectivity index (χ0n) is 19.2. The summed E-state index contributed by atoms with van der Waals surface area (Å²) in [5.41, 5.74) is 3.15. The lowest BCUT2D eigenvalue weighted by Gasteiger charge is -2.36. The first-order valence-corrected chi connectivity index (χ1v) is 13.2. The number of carbonyl (C=O) groups excluding carboxylic acids is 2. The minimum atomic E-state index is -3.79. The van der Waals surface area contributed by atoms with Gasteiger partial charge < -0.3 is 9.80 Å². The van der Waals surface area contributed by atoms with Crippen molar-refractivity contribution in [2.24, 2.45) is 0 Å². The van der Waals surface area contributed by atoms with Crippen LogP contribution in [-0.2, 0) is 10.0 Å². The molecule has 34 heavy (non-hydrogen) atoms. The summed E-state index contributed by atoms with van der Waals surface area (Å²) in [4.78, 5) is 33.4. The number of carbonyl (C=O) groups is 2. The normalized spacial score (nSPS) is 14.2. The molecule has 2 aromatic carbocycles. The van der Waals surface area contributed by atoms with E-state index in [1.165, 1.54) is 12.1 Å². The monoisotopic (exact) mass is 498 g/mol. The molecule has 0 atom stereocenters. The molecule has 1 N–H and O–H groups in total. The maximum absolute atomic E-state index is 13.1. The summed E-state index contributed by atoms with van der Waals surface area (Å²) < 4.78 is 27.8. The molecule has 10 heteroatoms. The lowest BCUT2D eigenvalue weighted by atomic mass is 10.1. The summed E-state index contributed by atoms with van der Waals surface area (Å²) in [6.07, 6.45) is 0. The van der Waals surface area contributed by atoms with Gasteiger partial charge in [0.2, 0.25) is 0 Å². The van der Waals surface area contributed by atoms with Crippen LogP contribution < -0.4 is 9.62 Å². The van der Waals surface area contributed by atoms with Gasteiger partial charge >= 0.3 is 0 Å². The van der Waals surface area contributed by atoms with E-state index in [-0.39, 0.29) is 21.7 Å². The van der Waals surface area contributed by atoms with Crippen LogP contribution in [0, 0.1) is 13.8 Å². The number of nitrogens with one attached hydrogen (secondary N) is 1. The Kier molecular flexibility index (Phi) is 6.72. The van der Waals surface area contributed by atoms with Crippen molar-refractivity contribution >= 4 is 43.9 Å². The second-order valence-corrected chi connectivity index (χ2v) is 10.9. The summed E-state index contributed by atoms with van der Waals surface area (Å²) in [5, 5.41) is 0.172. The van der Waals surface area contributed by atoms with E-state index in [4.69, 9.17) is 0 Å². The minimum Gasteiger partial charge on any atom is -0.368 e. The fraction of sp³-hybridized carbons (Fsp3) is 0.292. The van der Waals surface area contributed by atoms with Gasteiger partial charge in [-0.1, -0.05) is 29.0 Å². The molecule has 1 saturated heterocycles. The number of sulfonamides is 1. The predicted octanol–water partition coefficient (Wildman–Crippen LogP) is 3.73. The number of amides is 1. The van der Waals surface area contributed by atoms with Crippen LogP contribution in [0.4, 0.5) is 10.8 Å². The summed E-state index contributed by atoms with van der Waals surface area (Å²) in [6.45, 7) is 7.53. The van der Waals surface area contributed by atoms with E-state index in [0.29, 0.717) is 42.3 Å².